The molecule has 0 unspecified atom stereocenters. The Kier molecular flexibility index (Phi) is 4.23. The van der Waals surface area contributed by atoms with Crippen LogP contribution in [0.15, 0.2) is 48.8 Å². The third kappa shape index (κ3) is 3.10. The standard InChI is InChI=1S/C19H19N5O3/c1-23-15-7-3-2-6-14(15)17(22-23)19(26)24-11-13(9-16(24)18(20)25)27-12-5-4-8-21-10-12/h2-8,10,13,16H,9,11H2,1H3,(H2,20,25)/t13-,16-/m0/s1. The van der Waals surface area contributed by atoms with Crippen molar-refractivity contribution in [1.29, 1.82) is 0 Å². The molecule has 8 heteroatoms. The first-order chi connectivity index (χ1) is 13.0. The number of aryl methyl sites for hydroxylation is 1. The SMILES string of the molecule is Cn1nc(C(=O)N2C[C@@H](Oc3cccnc3)C[C@H]2C(N)=O)c2ccccc21. The fourth-order valence-electron chi connectivity index (χ4n) is 3.49. The van der Waals surface area contributed by atoms with Gasteiger partial charge in [-0.3, -0.25) is 19.3 Å². The van der Waals surface area contributed by atoms with Crippen LogP contribution in [0.1, 0.15) is 16.9 Å². The average Bonchev–Trinajstić information content (AvgIpc) is 3.24. The third-order valence-electron chi connectivity index (χ3n) is 4.75. The summed E-state index contributed by atoms with van der Waals surface area (Å²) in [5, 5.41) is 5.10. The van der Waals surface area contributed by atoms with Gasteiger partial charge in [-0.2, -0.15) is 5.10 Å². The Morgan fingerprint density at radius 1 is 1.22 bits per heavy atom. The lowest BCUT2D eigenvalue weighted by Gasteiger charge is -2.20. The maximum absolute atomic E-state index is 13.2. The molecule has 1 saturated heterocycles. The molecule has 1 aromatic carbocycles. The number of hydrogen-bond acceptors (Lipinski definition) is 5. The van der Waals surface area contributed by atoms with E-state index < -0.39 is 11.9 Å². The first kappa shape index (κ1) is 17.0. The van der Waals surface area contributed by atoms with Crippen LogP contribution in [-0.4, -0.2) is 50.2 Å². The van der Waals surface area contributed by atoms with Crippen molar-refractivity contribution in [1.82, 2.24) is 19.7 Å². The van der Waals surface area contributed by atoms with Gasteiger partial charge in [-0.15, -0.1) is 0 Å². The Bertz CT molecular complexity index is 1000. The van der Waals surface area contributed by atoms with Gasteiger partial charge in [0.2, 0.25) is 5.91 Å². The predicted octanol–water partition coefficient (Wildman–Crippen LogP) is 1.12. The van der Waals surface area contributed by atoms with Crippen molar-refractivity contribution in [3.05, 3.63) is 54.5 Å². The molecule has 1 aliphatic heterocycles. The van der Waals surface area contributed by atoms with Crippen LogP contribution in [0.5, 0.6) is 5.75 Å². The average molecular weight is 365 g/mol. The number of benzene rings is 1. The molecule has 27 heavy (non-hydrogen) atoms. The minimum atomic E-state index is -0.736. The second-order valence-electron chi connectivity index (χ2n) is 6.53. The van der Waals surface area contributed by atoms with Crippen LogP contribution in [0.2, 0.25) is 0 Å². The minimum absolute atomic E-state index is 0.256. The fraction of sp³-hybridized carbons (Fsp3) is 0.263. The molecule has 2 amide bonds. The molecule has 0 radical (unpaired) electrons. The summed E-state index contributed by atoms with van der Waals surface area (Å²) in [6.45, 7) is 0.256. The number of hydrogen-bond donors (Lipinski definition) is 1. The second-order valence-corrected chi connectivity index (χ2v) is 6.53. The molecule has 1 fully saturated rings. The number of para-hydroxylation sites is 1. The molecule has 2 N–H and O–H groups in total. The van der Waals surface area contributed by atoms with E-state index in [0.717, 1.165) is 10.9 Å². The van der Waals surface area contributed by atoms with E-state index in [1.54, 1.807) is 36.3 Å². The molecule has 0 spiro atoms. The molecule has 138 valence electrons. The van der Waals surface area contributed by atoms with E-state index >= 15 is 0 Å². The van der Waals surface area contributed by atoms with Gasteiger partial charge in [-0.25, -0.2) is 0 Å². The molecule has 2 aromatic heterocycles. The van der Waals surface area contributed by atoms with E-state index in [4.69, 9.17) is 10.5 Å². The van der Waals surface area contributed by atoms with E-state index in [-0.39, 0.29) is 18.6 Å². The van der Waals surface area contributed by atoms with E-state index in [0.29, 0.717) is 17.9 Å². The van der Waals surface area contributed by atoms with E-state index in [2.05, 4.69) is 10.1 Å². The summed E-state index contributed by atoms with van der Waals surface area (Å²) >= 11 is 0. The smallest absolute Gasteiger partial charge is 0.275 e. The maximum atomic E-state index is 13.2. The molecule has 2 atom stereocenters. The highest BCUT2D eigenvalue weighted by Gasteiger charge is 2.41. The van der Waals surface area contributed by atoms with Crippen LogP contribution in [0, 0.1) is 0 Å². The van der Waals surface area contributed by atoms with Crippen LogP contribution in [-0.2, 0) is 11.8 Å². The van der Waals surface area contributed by atoms with Gasteiger partial charge < -0.3 is 15.4 Å². The van der Waals surface area contributed by atoms with E-state index in [9.17, 15) is 9.59 Å². The Balaban J connectivity index is 1.62. The number of nitrogens with two attached hydrogens (primary N) is 1. The summed E-state index contributed by atoms with van der Waals surface area (Å²) in [7, 11) is 1.78. The number of amides is 2. The summed E-state index contributed by atoms with van der Waals surface area (Å²) in [5.74, 6) is -0.294. The normalized spacial score (nSPS) is 19.4. The highest BCUT2D eigenvalue weighted by Crippen LogP contribution is 2.26. The Hall–Kier alpha value is -3.42. The van der Waals surface area contributed by atoms with Crippen molar-refractivity contribution in [3.8, 4) is 5.75 Å². The van der Waals surface area contributed by atoms with Gasteiger partial charge >= 0.3 is 0 Å². The van der Waals surface area contributed by atoms with Gasteiger partial charge in [0.1, 0.15) is 17.9 Å². The number of ether oxygens (including phenoxy) is 1. The van der Waals surface area contributed by atoms with Crippen LogP contribution >= 0.6 is 0 Å². The van der Waals surface area contributed by atoms with Gasteiger partial charge in [0.05, 0.1) is 18.3 Å². The van der Waals surface area contributed by atoms with Crippen molar-refractivity contribution in [2.45, 2.75) is 18.6 Å². The lowest BCUT2D eigenvalue weighted by atomic mass is 10.1. The summed E-state index contributed by atoms with van der Waals surface area (Å²) < 4.78 is 7.53. The summed E-state index contributed by atoms with van der Waals surface area (Å²) in [5.41, 5.74) is 6.70. The number of carbonyl (C=O) groups is 2. The van der Waals surface area contributed by atoms with Crippen molar-refractivity contribution in [2.75, 3.05) is 6.54 Å². The zero-order valence-corrected chi connectivity index (χ0v) is 14.8. The van der Waals surface area contributed by atoms with Crippen molar-refractivity contribution >= 4 is 22.7 Å². The molecule has 0 saturated carbocycles. The lowest BCUT2D eigenvalue weighted by molar-refractivity contribution is -0.121. The van der Waals surface area contributed by atoms with Crippen molar-refractivity contribution in [2.24, 2.45) is 12.8 Å². The van der Waals surface area contributed by atoms with Gasteiger partial charge in [0.25, 0.3) is 5.91 Å². The fourth-order valence-corrected chi connectivity index (χ4v) is 3.49. The molecule has 3 heterocycles. The lowest BCUT2D eigenvalue weighted by Crippen LogP contribution is -2.44. The van der Waals surface area contributed by atoms with Gasteiger partial charge in [-0.1, -0.05) is 18.2 Å². The number of likely N-dealkylation sites (tertiary alicyclic amines) is 1. The summed E-state index contributed by atoms with van der Waals surface area (Å²) in [6, 6.07) is 10.3. The van der Waals surface area contributed by atoms with Crippen LogP contribution in [0.3, 0.4) is 0 Å². The zero-order chi connectivity index (χ0) is 19.0. The highest BCUT2D eigenvalue weighted by atomic mass is 16.5. The highest BCUT2D eigenvalue weighted by molar-refractivity contribution is 6.06. The van der Waals surface area contributed by atoms with Gasteiger partial charge in [0, 0.05) is 25.1 Å². The molecule has 0 bridgehead atoms. The summed E-state index contributed by atoms with van der Waals surface area (Å²) in [4.78, 5) is 30.6. The zero-order valence-electron chi connectivity index (χ0n) is 14.8. The molecule has 4 rings (SSSR count). The first-order valence-electron chi connectivity index (χ1n) is 8.63. The minimum Gasteiger partial charge on any atom is -0.487 e. The largest absolute Gasteiger partial charge is 0.487 e. The monoisotopic (exact) mass is 365 g/mol. The number of aromatic nitrogens is 3. The Morgan fingerprint density at radius 3 is 2.78 bits per heavy atom. The van der Waals surface area contributed by atoms with Crippen LogP contribution < -0.4 is 10.5 Å². The third-order valence-corrected chi connectivity index (χ3v) is 4.75. The number of nitrogens with zero attached hydrogens (tertiary/aromatic N) is 4. The van der Waals surface area contributed by atoms with Gasteiger partial charge in [-0.05, 0) is 18.2 Å². The molecule has 3 aromatic rings. The van der Waals surface area contributed by atoms with Crippen molar-refractivity contribution in [3.63, 3.8) is 0 Å². The molecule has 8 nitrogen and oxygen atoms in total. The predicted molar refractivity (Wildman–Crippen MR) is 98.0 cm³/mol. The molecule has 1 aliphatic rings. The Morgan fingerprint density at radius 2 is 2.04 bits per heavy atom. The maximum Gasteiger partial charge on any atom is 0.275 e. The molecular weight excluding hydrogens is 346 g/mol. The topological polar surface area (TPSA) is 103 Å². The second kappa shape index (κ2) is 6.71. The van der Waals surface area contributed by atoms with E-state index in [1.807, 2.05) is 24.3 Å². The number of pyridine rings is 1. The van der Waals surface area contributed by atoms with Crippen LogP contribution in [0.25, 0.3) is 10.9 Å². The number of primary amides is 1. The molecule has 0 aliphatic carbocycles. The number of rotatable bonds is 4. The van der Waals surface area contributed by atoms with Crippen molar-refractivity contribution < 1.29 is 14.3 Å². The van der Waals surface area contributed by atoms with E-state index in [1.165, 1.54) is 4.90 Å². The number of carbonyl (C=O) groups excluding carboxylic acids is 2. The number of fused-ring (bicyclic) bond motifs is 1. The van der Waals surface area contributed by atoms with Crippen LogP contribution in [0.4, 0.5) is 0 Å². The summed E-state index contributed by atoms with van der Waals surface area (Å²) in [6.07, 6.45) is 3.23. The quantitative estimate of drug-likeness (QED) is 0.746. The molecular formula is C19H19N5O3. The Labute approximate surface area is 155 Å². The first-order valence-corrected chi connectivity index (χ1v) is 8.63. The van der Waals surface area contributed by atoms with Gasteiger partial charge in [0.15, 0.2) is 5.69 Å².